The molecule has 1 atom stereocenters. The maximum atomic E-state index is 11.1. The average molecular weight is 204 g/mol. The predicted molar refractivity (Wildman–Crippen MR) is 53.2 cm³/mol. The van der Waals surface area contributed by atoms with Gasteiger partial charge in [-0.15, -0.1) is 0 Å². The fourth-order valence-corrected chi connectivity index (χ4v) is 0.893. The van der Waals surface area contributed by atoms with Crippen LogP contribution in [0.5, 0.6) is 0 Å². The molecule has 0 aliphatic carbocycles. The zero-order valence-corrected chi connectivity index (χ0v) is 9.25. The molecule has 4 nitrogen and oxygen atoms in total. The molecule has 0 aliphatic rings. The van der Waals surface area contributed by atoms with Gasteiger partial charge in [0.1, 0.15) is 0 Å². The monoisotopic (exact) mass is 204 g/mol. The van der Waals surface area contributed by atoms with E-state index in [2.05, 4.69) is 0 Å². The normalized spacial score (nSPS) is 12.5. The van der Waals surface area contributed by atoms with Crippen LogP contribution in [0.25, 0.3) is 0 Å². The first-order valence-corrected chi connectivity index (χ1v) is 5.08. The lowest BCUT2D eigenvalue weighted by atomic mass is 10.4. The SMILES string of the molecule is CCOCCCOC(C)C(=O)OCC. The van der Waals surface area contributed by atoms with E-state index in [0.717, 1.165) is 6.42 Å². The topological polar surface area (TPSA) is 44.8 Å². The van der Waals surface area contributed by atoms with Crippen LogP contribution in [0.15, 0.2) is 0 Å². The Kier molecular flexibility index (Phi) is 8.57. The Hall–Kier alpha value is -0.610. The molecule has 4 heteroatoms. The van der Waals surface area contributed by atoms with Gasteiger partial charge in [-0.1, -0.05) is 0 Å². The van der Waals surface area contributed by atoms with Crippen molar-refractivity contribution in [1.82, 2.24) is 0 Å². The number of hydrogen-bond acceptors (Lipinski definition) is 4. The standard InChI is InChI=1S/C10H20O4/c1-4-12-7-6-8-14-9(3)10(11)13-5-2/h9H,4-8H2,1-3H3. The fourth-order valence-electron chi connectivity index (χ4n) is 0.893. The van der Waals surface area contributed by atoms with Gasteiger partial charge in [-0.05, 0) is 27.2 Å². The van der Waals surface area contributed by atoms with Crippen molar-refractivity contribution in [2.24, 2.45) is 0 Å². The second-order valence-electron chi connectivity index (χ2n) is 2.82. The molecule has 0 amide bonds. The molecule has 1 unspecified atom stereocenters. The van der Waals surface area contributed by atoms with E-state index in [1.165, 1.54) is 0 Å². The smallest absolute Gasteiger partial charge is 0.334 e. The van der Waals surface area contributed by atoms with Gasteiger partial charge in [0.15, 0.2) is 6.10 Å². The number of esters is 1. The average Bonchev–Trinajstić information content (AvgIpc) is 2.17. The molecule has 0 rings (SSSR count). The molecule has 0 heterocycles. The van der Waals surface area contributed by atoms with E-state index in [4.69, 9.17) is 14.2 Å². The molecule has 0 aromatic carbocycles. The van der Waals surface area contributed by atoms with Crippen LogP contribution < -0.4 is 0 Å². The van der Waals surface area contributed by atoms with Crippen LogP contribution in [0, 0.1) is 0 Å². The molecule has 0 bridgehead atoms. The number of ether oxygens (including phenoxy) is 3. The molecule has 0 aliphatic heterocycles. The van der Waals surface area contributed by atoms with Crippen LogP contribution in [0.2, 0.25) is 0 Å². The van der Waals surface area contributed by atoms with Crippen LogP contribution in [0.3, 0.4) is 0 Å². The van der Waals surface area contributed by atoms with Crippen molar-refractivity contribution in [3.8, 4) is 0 Å². The fraction of sp³-hybridized carbons (Fsp3) is 0.900. The molecule has 0 N–H and O–H groups in total. The van der Waals surface area contributed by atoms with Crippen LogP contribution in [-0.2, 0) is 19.0 Å². The summed E-state index contributed by atoms with van der Waals surface area (Å²) in [5.74, 6) is -0.302. The number of carbonyl (C=O) groups is 1. The van der Waals surface area contributed by atoms with Gasteiger partial charge in [-0.2, -0.15) is 0 Å². The Labute approximate surface area is 85.5 Å². The van der Waals surface area contributed by atoms with Crippen molar-refractivity contribution in [3.63, 3.8) is 0 Å². The quantitative estimate of drug-likeness (QED) is 0.442. The maximum Gasteiger partial charge on any atom is 0.334 e. The summed E-state index contributed by atoms with van der Waals surface area (Å²) in [5.41, 5.74) is 0. The van der Waals surface area contributed by atoms with Crippen molar-refractivity contribution in [3.05, 3.63) is 0 Å². The molecule has 0 aromatic rings. The largest absolute Gasteiger partial charge is 0.464 e. The third-order valence-electron chi connectivity index (χ3n) is 1.62. The molecule has 0 radical (unpaired) electrons. The van der Waals surface area contributed by atoms with Gasteiger partial charge in [0.25, 0.3) is 0 Å². The summed E-state index contributed by atoms with van der Waals surface area (Å²) in [5, 5.41) is 0. The van der Waals surface area contributed by atoms with Crippen LogP contribution in [0.4, 0.5) is 0 Å². The van der Waals surface area contributed by atoms with Gasteiger partial charge in [0, 0.05) is 19.8 Å². The second kappa shape index (κ2) is 8.97. The second-order valence-corrected chi connectivity index (χ2v) is 2.82. The van der Waals surface area contributed by atoms with Gasteiger partial charge in [-0.25, -0.2) is 4.79 Å². The summed E-state index contributed by atoms with van der Waals surface area (Å²) in [6.45, 7) is 7.73. The van der Waals surface area contributed by atoms with Crippen LogP contribution >= 0.6 is 0 Å². The van der Waals surface area contributed by atoms with Crippen molar-refractivity contribution < 1.29 is 19.0 Å². The maximum absolute atomic E-state index is 11.1. The summed E-state index contributed by atoms with van der Waals surface area (Å²) in [4.78, 5) is 11.1. The number of rotatable bonds is 8. The summed E-state index contributed by atoms with van der Waals surface area (Å²) in [6, 6.07) is 0. The highest BCUT2D eigenvalue weighted by Gasteiger charge is 2.13. The minimum absolute atomic E-state index is 0.302. The van der Waals surface area contributed by atoms with Gasteiger partial charge >= 0.3 is 5.97 Å². The lowest BCUT2D eigenvalue weighted by Crippen LogP contribution is -2.24. The first-order valence-electron chi connectivity index (χ1n) is 5.08. The highest BCUT2D eigenvalue weighted by molar-refractivity contribution is 5.74. The highest BCUT2D eigenvalue weighted by atomic mass is 16.6. The first-order chi connectivity index (χ1) is 6.72. The third-order valence-corrected chi connectivity index (χ3v) is 1.62. The lowest BCUT2D eigenvalue weighted by Gasteiger charge is -2.11. The van der Waals surface area contributed by atoms with E-state index >= 15 is 0 Å². The molecule has 0 saturated heterocycles. The molecule has 14 heavy (non-hydrogen) atoms. The van der Waals surface area contributed by atoms with E-state index in [1.54, 1.807) is 13.8 Å². The zero-order chi connectivity index (χ0) is 10.8. The summed E-state index contributed by atoms with van der Waals surface area (Å²) >= 11 is 0. The van der Waals surface area contributed by atoms with Crippen LogP contribution in [0.1, 0.15) is 27.2 Å². The minimum atomic E-state index is -0.475. The van der Waals surface area contributed by atoms with Gasteiger partial charge < -0.3 is 14.2 Å². The zero-order valence-electron chi connectivity index (χ0n) is 9.25. The first kappa shape index (κ1) is 13.4. The summed E-state index contributed by atoms with van der Waals surface area (Å²) < 4.78 is 15.2. The molecule has 0 fully saturated rings. The Morgan fingerprint density at radius 3 is 2.50 bits per heavy atom. The van der Waals surface area contributed by atoms with Crippen molar-refractivity contribution in [2.75, 3.05) is 26.4 Å². The predicted octanol–water partition coefficient (Wildman–Crippen LogP) is 1.38. The van der Waals surface area contributed by atoms with Crippen molar-refractivity contribution in [1.29, 1.82) is 0 Å². The third kappa shape index (κ3) is 6.86. The van der Waals surface area contributed by atoms with Gasteiger partial charge in [0.05, 0.1) is 6.61 Å². The molecular weight excluding hydrogens is 184 g/mol. The minimum Gasteiger partial charge on any atom is -0.464 e. The lowest BCUT2D eigenvalue weighted by molar-refractivity contribution is -0.155. The van der Waals surface area contributed by atoms with Gasteiger partial charge in [-0.3, -0.25) is 0 Å². The van der Waals surface area contributed by atoms with Crippen molar-refractivity contribution >= 4 is 5.97 Å². The summed E-state index contributed by atoms with van der Waals surface area (Å²) in [7, 11) is 0. The van der Waals surface area contributed by atoms with E-state index in [0.29, 0.717) is 26.4 Å². The molecule has 0 saturated carbocycles. The van der Waals surface area contributed by atoms with Crippen molar-refractivity contribution in [2.45, 2.75) is 33.3 Å². The summed E-state index contributed by atoms with van der Waals surface area (Å²) in [6.07, 6.45) is 0.328. The number of hydrogen-bond donors (Lipinski definition) is 0. The molecule has 0 aromatic heterocycles. The van der Waals surface area contributed by atoms with E-state index in [-0.39, 0.29) is 5.97 Å². The Balaban J connectivity index is 3.34. The van der Waals surface area contributed by atoms with Crippen LogP contribution in [-0.4, -0.2) is 38.5 Å². The Morgan fingerprint density at radius 2 is 1.93 bits per heavy atom. The molecule has 84 valence electrons. The van der Waals surface area contributed by atoms with E-state index in [1.807, 2.05) is 6.92 Å². The van der Waals surface area contributed by atoms with E-state index in [9.17, 15) is 4.79 Å². The Bertz CT molecular complexity index is 147. The molecule has 0 spiro atoms. The van der Waals surface area contributed by atoms with Gasteiger partial charge in [0.2, 0.25) is 0 Å². The highest BCUT2D eigenvalue weighted by Crippen LogP contribution is 1.96. The Morgan fingerprint density at radius 1 is 1.21 bits per heavy atom. The molecular formula is C10H20O4. The number of carbonyl (C=O) groups excluding carboxylic acids is 1. The van der Waals surface area contributed by atoms with E-state index < -0.39 is 6.10 Å².